The van der Waals surface area contributed by atoms with Crippen LogP contribution in [0.15, 0.2) is 70.7 Å². The molecule has 0 radical (unpaired) electrons. The minimum absolute atomic E-state index is 0.0806. The third-order valence-electron chi connectivity index (χ3n) is 5.93. The van der Waals surface area contributed by atoms with Gasteiger partial charge in [0, 0.05) is 65.7 Å². The largest absolute Gasteiger partial charge is 0.413 e. The van der Waals surface area contributed by atoms with Crippen molar-refractivity contribution in [3.8, 4) is 0 Å². The molecule has 2 unspecified atom stereocenters. The molecular weight excluding hydrogens is 556 g/mol. The van der Waals surface area contributed by atoms with Crippen molar-refractivity contribution in [3.05, 3.63) is 86.9 Å². The SMILES string of the molecule is C=C(CN(CC1=CC(F)C(C(C)(F)F)C(F)=C1)C(=C)C(/C=N\C)=C(/C)C(F)(F)F)c1c(Cl)cc(C)cc1Cl. The van der Waals surface area contributed by atoms with Crippen molar-refractivity contribution < 1.29 is 30.7 Å². The van der Waals surface area contributed by atoms with Crippen LogP contribution in [0.3, 0.4) is 0 Å². The number of aryl methyl sites for hydroxylation is 1. The van der Waals surface area contributed by atoms with Gasteiger partial charge in [0.05, 0.1) is 0 Å². The van der Waals surface area contributed by atoms with Crippen LogP contribution in [0.5, 0.6) is 0 Å². The molecule has 0 N–H and O–H groups in total. The van der Waals surface area contributed by atoms with Gasteiger partial charge in [0.15, 0.2) is 0 Å². The normalized spacial score (nSPS) is 19.2. The highest BCUT2D eigenvalue weighted by molar-refractivity contribution is 6.37. The molecule has 0 amide bonds. The average molecular weight is 583 g/mol. The Hall–Kier alpha value is -2.52. The quantitative estimate of drug-likeness (QED) is 0.161. The Labute approximate surface area is 227 Å². The number of aliphatic imine (C=N–C) groups is 1. The highest BCUT2D eigenvalue weighted by Crippen LogP contribution is 2.40. The maximum atomic E-state index is 14.6. The molecule has 2 atom stereocenters. The first kappa shape index (κ1) is 31.7. The summed E-state index contributed by atoms with van der Waals surface area (Å²) in [5.74, 6) is -7.36. The number of nitrogens with zero attached hydrogens (tertiary/aromatic N) is 2. The number of alkyl halides is 6. The van der Waals surface area contributed by atoms with Crippen LogP contribution in [0.2, 0.25) is 10.0 Å². The maximum absolute atomic E-state index is 14.6. The summed E-state index contributed by atoms with van der Waals surface area (Å²) in [5.41, 5.74) is -0.316. The van der Waals surface area contributed by atoms with Crippen molar-refractivity contribution in [2.45, 2.75) is 39.0 Å². The molecule has 1 aromatic carbocycles. The van der Waals surface area contributed by atoms with E-state index in [1.807, 2.05) is 0 Å². The van der Waals surface area contributed by atoms with Gasteiger partial charge in [-0.25, -0.2) is 17.6 Å². The predicted molar refractivity (Wildman–Crippen MR) is 140 cm³/mol. The third-order valence-corrected chi connectivity index (χ3v) is 6.53. The smallest absolute Gasteiger partial charge is 0.363 e. The Morgan fingerprint density at radius 3 is 2.13 bits per heavy atom. The first-order valence-electron chi connectivity index (χ1n) is 11.3. The molecule has 0 spiro atoms. The van der Waals surface area contributed by atoms with E-state index < -0.39 is 35.6 Å². The number of benzene rings is 1. The zero-order chi connectivity index (χ0) is 29.2. The van der Waals surface area contributed by atoms with Crippen LogP contribution in [-0.2, 0) is 0 Å². The first-order valence-corrected chi connectivity index (χ1v) is 12.0. The average Bonchev–Trinajstić information content (AvgIpc) is 2.73. The van der Waals surface area contributed by atoms with E-state index in [9.17, 15) is 30.7 Å². The standard InChI is InChI=1S/C27H27Cl2F7N2/c1-14-7-20(28)24(21(29)8-14)15(2)12-38(17(4)19(11-37-6)16(3)27(34,35)36)13-18-9-22(30)25(23(31)10-18)26(5,32)33/h7-11,22,25H,2,4,12-13H2,1,3,5-6H3/b19-16-,37-11-. The molecule has 1 aliphatic carbocycles. The van der Waals surface area contributed by atoms with E-state index in [1.165, 1.54) is 11.9 Å². The Morgan fingerprint density at radius 1 is 1.13 bits per heavy atom. The molecule has 0 fully saturated rings. The number of rotatable bonds is 9. The lowest BCUT2D eigenvalue weighted by atomic mass is 9.88. The lowest BCUT2D eigenvalue weighted by molar-refractivity contribution is -0.0918. The van der Waals surface area contributed by atoms with Crippen molar-refractivity contribution in [2.24, 2.45) is 10.9 Å². The highest BCUT2D eigenvalue weighted by atomic mass is 35.5. The van der Waals surface area contributed by atoms with Gasteiger partial charge in [0.1, 0.15) is 17.9 Å². The monoisotopic (exact) mass is 582 g/mol. The molecule has 0 heterocycles. The summed E-state index contributed by atoms with van der Waals surface area (Å²) < 4.78 is 97.5. The van der Waals surface area contributed by atoms with Crippen LogP contribution in [0.1, 0.15) is 25.0 Å². The third kappa shape index (κ3) is 7.53. The highest BCUT2D eigenvalue weighted by Gasteiger charge is 2.44. The van der Waals surface area contributed by atoms with Crippen molar-refractivity contribution in [1.82, 2.24) is 4.90 Å². The molecule has 0 aromatic heterocycles. The van der Waals surface area contributed by atoms with Crippen LogP contribution in [0.4, 0.5) is 30.7 Å². The fraction of sp³-hybridized carbons (Fsp3) is 0.370. The predicted octanol–water partition coefficient (Wildman–Crippen LogP) is 9.11. The summed E-state index contributed by atoms with van der Waals surface area (Å²) in [5, 5.41) is 0.477. The Bertz CT molecular complexity index is 1200. The lowest BCUT2D eigenvalue weighted by Gasteiger charge is -2.32. The van der Waals surface area contributed by atoms with Gasteiger partial charge in [-0.1, -0.05) is 36.4 Å². The molecular formula is C27H27Cl2F7N2. The number of allylic oxidation sites excluding steroid dienone is 4. The van der Waals surface area contributed by atoms with Crippen LogP contribution in [-0.4, -0.2) is 49.5 Å². The molecule has 1 aliphatic rings. The molecule has 2 nitrogen and oxygen atoms in total. The van der Waals surface area contributed by atoms with Gasteiger partial charge in [-0.3, -0.25) is 4.99 Å². The summed E-state index contributed by atoms with van der Waals surface area (Å²) >= 11 is 12.7. The van der Waals surface area contributed by atoms with Crippen LogP contribution >= 0.6 is 23.2 Å². The van der Waals surface area contributed by atoms with E-state index in [-0.39, 0.29) is 45.6 Å². The molecule has 208 valence electrons. The molecule has 11 heteroatoms. The zero-order valence-electron chi connectivity index (χ0n) is 21.2. The van der Waals surface area contributed by atoms with Crippen LogP contribution in [0.25, 0.3) is 5.57 Å². The van der Waals surface area contributed by atoms with E-state index >= 15 is 0 Å². The van der Waals surface area contributed by atoms with Gasteiger partial charge in [-0.15, -0.1) is 0 Å². The van der Waals surface area contributed by atoms with Gasteiger partial charge in [0.2, 0.25) is 0 Å². The van der Waals surface area contributed by atoms with Crippen LogP contribution in [0, 0.1) is 12.8 Å². The van der Waals surface area contributed by atoms with Gasteiger partial charge in [-0.05, 0) is 54.8 Å². The Morgan fingerprint density at radius 2 is 1.68 bits per heavy atom. The fourth-order valence-electron chi connectivity index (χ4n) is 4.04. The molecule has 1 aromatic rings. The van der Waals surface area contributed by atoms with Crippen molar-refractivity contribution >= 4 is 35.0 Å². The van der Waals surface area contributed by atoms with E-state index in [2.05, 4.69) is 18.2 Å². The minimum atomic E-state index is -4.73. The van der Waals surface area contributed by atoms with Crippen molar-refractivity contribution in [2.75, 3.05) is 20.1 Å². The number of halogens is 9. The van der Waals surface area contributed by atoms with E-state index in [0.29, 0.717) is 12.5 Å². The summed E-state index contributed by atoms with van der Waals surface area (Å²) in [6.07, 6.45) is -4.57. The van der Waals surface area contributed by atoms with E-state index in [4.69, 9.17) is 23.2 Å². The Kier molecular flexibility index (Phi) is 10.1. The van der Waals surface area contributed by atoms with Gasteiger partial charge in [-0.2, -0.15) is 13.2 Å². The van der Waals surface area contributed by atoms with Crippen LogP contribution < -0.4 is 0 Å². The summed E-state index contributed by atoms with van der Waals surface area (Å²) in [6.45, 7) is 10.1. The topological polar surface area (TPSA) is 15.6 Å². The second kappa shape index (κ2) is 12.1. The van der Waals surface area contributed by atoms with Crippen molar-refractivity contribution in [3.63, 3.8) is 0 Å². The lowest BCUT2D eigenvalue weighted by Crippen LogP contribution is -2.36. The van der Waals surface area contributed by atoms with Gasteiger partial charge >= 0.3 is 6.18 Å². The molecule has 2 rings (SSSR count). The number of hydrogen-bond donors (Lipinski definition) is 0. The fourth-order valence-corrected chi connectivity index (χ4v) is 4.91. The van der Waals surface area contributed by atoms with E-state index in [0.717, 1.165) is 30.9 Å². The molecule has 0 aliphatic heterocycles. The van der Waals surface area contributed by atoms with Gasteiger partial charge < -0.3 is 4.90 Å². The Balaban J connectivity index is 2.58. The second-order valence-electron chi connectivity index (χ2n) is 9.08. The van der Waals surface area contributed by atoms with Crippen molar-refractivity contribution in [1.29, 1.82) is 0 Å². The number of hydrogen-bond acceptors (Lipinski definition) is 2. The molecule has 0 bridgehead atoms. The van der Waals surface area contributed by atoms with E-state index in [1.54, 1.807) is 19.1 Å². The zero-order valence-corrected chi connectivity index (χ0v) is 22.7. The summed E-state index contributed by atoms with van der Waals surface area (Å²) in [4.78, 5) is 4.96. The molecule has 0 saturated heterocycles. The maximum Gasteiger partial charge on any atom is 0.413 e. The first-order chi connectivity index (χ1) is 17.4. The molecule has 38 heavy (non-hydrogen) atoms. The summed E-state index contributed by atoms with van der Waals surface area (Å²) in [6, 6.07) is 3.24. The summed E-state index contributed by atoms with van der Waals surface area (Å²) in [7, 11) is 1.27. The molecule has 0 saturated carbocycles. The minimum Gasteiger partial charge on any atom is -0.363 e. The second-order valence-corrected chi connectivity index (χ2v) is 9.90. The van der Waals surface area contributed by atoms with Gasteiger partial charge in [0.25, 0.3) is 5.92 Å².